The predicted molar refractivity (Wildman–Crippen MR) is 126 cm³/mol. The number of anilines is 1. The molecule has 34 heavy (non-hydrogen) atoms. The summed E-state index contributed by atoms with van der Waals surface area (Å²) in [6, 6.07) is 12.5. The van der Waals surface area contributed by atoms with Gasteiger partial charge in [-0.3, -0.25) is 4.79 Å². The molecule has 2 N–H and O–H groups in total. The molecule has 0 bridgehead atoms. The van der Waals surface area contributed by atoms with Gasteiger partial charge in [-0.1, -0.05) is 24.3 Å². The molecule has 6 nitrogen and oxygen atoms in total. The van der Waals surface area contributed by atoms with Crippen molar-refractivity contribution < 1.29 is 18.1 Å². The van der Waals surface area contributed by atoms with Crippen molar-refractivity contribution in [2.45, 2.75) is 6.42 Å². The van der Waals surface area contributed by atoms with Crippen molar-refractivity contribution in [3.8, 4) is 0 Å². The highest BCUT2D eigenvalue weighted by Gasteiger charge is 2.45. The summed E-state index contributed by atoms with van der Waals surface area (Å²) in [6.45, 7) is 0.547. The van der Waals surface area contributed by atoms with Crippen molar-refractivity contribution in [3.05, 3.63) is 93.8 Å². The average Bonchev–Trinajstić information content (AvgIpc) is 2.83. The van der Waals surface area contributed by atoms with Crippen LogP contribution in [0.25, 0.3) is 10.8 Å². The van der Waals surface area contributed by atoms with E-state index in [-0.39, 0.29) is 42.1 Å². The molecule has 3 heterocycles. The van der Waals surface area contributed by atoms with Gasteiger partial charge in [-0.2, -0.15) is 5.10 Å². The molecule has 1 aliphatic rings. The second-order valence-corrected chi connectivity index (χ2v) is 11.5. The lowest BCUT2D eigenvalue weighted by molar-refractivity contribution is 0.560. The lowest BCUT2D eigenvalue weighted by Gasteiger charge is -2.33. The van der Waals surface area contributed by atoms with E-state index in [1.165, 1.54) is 6.07 Å². The SMILES string of the molecule is O=c1[nH]nc(Cc2ccc(F)c([P+]3(O)CCN(c4ncc(F)cc4F)CC3)c2)c2ccccc12. The Bertz CT molecular complexity index is 1440. The van der Waals surface area contributed by atoms with Crippen LogP contribution in [0.5, 0.6) is 0 Å². The fourth-order valence-electron chi connectivity index (χ4n) is 4.38. The summed E-state index contributed by atoms with van der Waals surface area (Å²) in [5, 5.41) is 8.19. The van der Waals surface area contributed by atoms with Crippen molar-refractivity contribution in [1.82, 2.24) is 15.2 Å². The number of halogens is 3. The summed E-state index contributed by atoms with van der Waals surface area (Å²) < 4.78 is 42.2. The van der Waals surface area contributed by atoms with Gasteiger partial charge in [-0.15, -0.1) is 0 Å². The maximum absolute atomic E-state index is 14.8. The quantitative estimate of drug-likeness (QED) is 0.433. The maximum Gasteiger partial charge on any atom is 0.272 e. The van der Waals surface area contributed by atoms with Gasteiger partial charge in [0.15, 0.2) is 30.2 Å². The van der Waals surface area contributed by atoms with Crippen molar-refractivity contribution in [1.29, 1.82) is 0 Å². The molecule has 0 unspecified atom stereocenters. The molecular formula is C24H21F3N4O2P+. The van der Waals surface area contributed by atoms with Gasteiger partial charge < -0.3 is 4.90 Å². The lowest BCUT2D eigenvalue weighted by atomic mass is 10.0. The second-order valence-electron chi connectivity index (χ2n) is 8.32. The van der Waals surface area contributed by atoms with Crippen molar-refractivity contribution >= 4 is 29.4 Å². The number of nitrogens with one attached hydrogen (secondary N) is 1. The second kappa shape index (κ2) is 8.81. The van der Waals surface area contributed by atoms with E-state index in [1.54, 1.807) is 29.2 Å². The van der Waals surface area contributed by atoms with Crippen LogP contribution in [0.2, 0.25) is 0 Å². The molecule has 0 spiro atoms. The predicted octanol–water partition coefficient (Wildman–Crippen LogP) is 3.40. The third-order valence-corrected chi connectivity index (χ3v) is 9.29. The van der Waals surface area contributed by atoms with Gasteiger partial charge in [0.05, 0.1) is 30.4 Å². The number of pyridine rings is 1. The van der Waals surface area contributed by atoms with E-state index in [0.717, 1.165) is 17.8 Å². The molecule has 0 saturated carbocycles. The van der Waals surface area contributed by atoms with Gasteiger partial charge in [-0.25, -0.2) is 28.1 Å². The number of hydrogen-bond acceptors (Lipinski definition) is 5. The van der Waals surface area contributed by atoms with Crippen LogP contribution in [0.4, 0.5) is 19.0 Å². The van der Waals surface area contributed by atoms with Gasteiger partial charge in [0.1, 0.15) is 18.1 Å². The number of aromatic amines is 1. The minimum Gasteiger partial charge on any atom is -0.347 e. The maximum atomic E-state index is 14.8. The summed E-state index contributed by atoms with van der Waals surface area (Å²) in [5.41, 5.74) is 1.12. The molecule has 2 aromatic carbocycles. The summed E-state index contributed by atoms with van der Waals surface area (Å²) in [7, 11) is -2.84. The molecule has 0 aliphatic carbocycles. The van der Waals surface area contributed by atoms with Crippen molar-refractivity contribution in [3.63, 3.8) is 0 Å². The number of aromatic nitrogens is 3. The Morgan fingerprint density at radius 2 is 1.74 bits per heavy atom. The zero-order valence-electron chi connectivity index (χ0n) is 18.0. The van der Waals surface area contributed by atoms with Crippen molar-refractivity contribution in [2.75, 3.05) is 30.3 Å². The molecule has 0 atom stereocenters. The van der Waals surface area contributed by atoms with Crippen molar-refractivity contribution in [2.24, 2.45) is 0 Å². The summed E-state index contributed by atoms with van der Waals surface area (Å²) >= 11 is 0. The van der Waals surface area contributed by atoms with E-state index in [4.69, 9.17) is 0 Å². The number of nitrogens with zero attached hydrogens (tertiary/aromatic N) is 3. The van der Waals surface area contributed by atoms with E-state index in [1.807, 2.05) is 12.1 Å². The number of fused-ring (bicyclic) bond motifs is 1. The molecule has 1 fully saturated rings. The Morgan fingerprint density at radius 3 is 2.47 bits per heavy atom. The largest absolute Gasteiger partial charge is 0.347 e. The van der Waals surface area contributed by atoms with Crippen LogP contribution in [0.1, 0.15) is 11.3 Å². The first-order valence-electron chi connectivity index (χ1n) is 10.8. The van der Waals surface area contributed by atoms with E-state index in [2.05, 4.69) is 15.2 Å². The van der Waals surface area contributed by atoms with E-state index in [9.17, 15) is 22.9 Å². The lowest BCUT2D eigenvalue weighted by Crippen LogP contribution is -2.41. The molecule has 1 saturated heterocycles. The molecule has 1 aliphatic heterocycles. The topological polar surface area (TPSA) is 82.1 Å². The number of rotatable bonds is 4. The summed E-state index contributed by atoms with van der Waals surface area (Å²) in [5.74, 6) is -1.99. The van der Waals surface area contributed by atoms with Crippen LogP contribution in [-0.4, -0.2) is 45.5 Å². The average molecular weight is 485 g/mol. The zero-order chi connectivity index (χ0) is 23.9. The monoisotopic (exact) mass is 485 g/mol. The Labute approximate surface area is 193 Å². The fourth-order valence-corrected chi connectivity index (χ4v) is 7.10. The van der Waals surface area contributed by atoms with E-state index < -0.39 is 24.9 Å². The van der Waals surface area contributed by atoms with Crippen LogP contribution in [0, 0.1) is 17.5 Å². The van der Waals surface area contributed by atoms with E-state index >= 15 is 0 Å². The number of hydrogen-bond donors (Lipinski definition) is 2. The van der Waals surface area contributed by atoms with Crippen LogP contribution in [0.15, 0.2) is 59.5 Å². The first kappa shape index (κ1) is 22.5. The molecule has 5 rings (SSSR count). The molecule has 10 heteroatoms. The Kier molecular flexibility index (Phi) is 5.83. The van der Waals surface area contributed by atoms with Gasteiger partial charge in [0.2, 0.25) is 0 Å². The Hall–Kier alpha value is -3.29. The number of H-pyrrole nitrogens is 1. The molecule has 0 radical (unpaired) electrons. The van der Waals surface area contributed by atoms with Gasteiger partial charge in [-0.05, 0) is 23.8 Å². The molecule has 0 amide bonds. The Morgan fingerprint density at radius 1 is 1.00 bits per heavy atom. The fraction of sp³-hybridized carbons (Fsp3) is 0.208. The van der Waals surface area contributed by atoms with Gasteiger partial charge >= 0.3 is 0 Å². The van der Waals surface area contributed by atoms with E-state index in [0.29, 0.717) is 22.9 Å². The van der Waals surface area contributed by atoms with Crippen LogP contribution in [0.3, 0.4) is 0 Å². The molecule has 4 aromatic rings. The van der Waals surface area contributed by atoms with Crippen LogP contribution < -0.4 is 15.8 Å². The third-order valence-electron chi connectivity index (χ3n) is 6.17. The summed E-state index contributed by atoms with van der Waals surface area (Å²) in [4.78, 5) is 28.9. The van der Waals surface area contributed by atoms with Gasteiger partial charge in [0.25, 0.3) is 5.56 Å². The first-order chi connectivity index (χ1) is 16.3. The highest BCUT2D eigenvalue weighted by atomic mass is 31.2. The third kappa shape index (κ3) is 4.17. The van der Waals surface area contributed by atoms with Crippen LogP contribution in [-0.2, 0) is 6.42 Å². The molecule has 174 valence electrons. The van der Waals surface area contributed by atoms with Crippen LogP contribution >= 0.6 is 7.49 Å². The van der Waals surface area contributed by atoms with Gasteiger partial charge in [0, 0.05) is 17.9 Å². The normalized spacial score (nSPS) is 15.6. The summed E-state index contributed by atoms with van der Waals surface area (Å²) in [6.07, 6.45) is 1.81. The minimum atomic E-state index is -2.84. The smallest absolute Gasteiger partial charge is 0.272 e. The minimum absolute atomic E-state index is 0.0258. The molecule has 2 aromatic heterocycles. The Balaban J connectivity index is 1.40. The molecular weight excluding hydrogens is 464 g/mol. The number of benzene rings is 2. The standard InChI is InChI=1S/C24H20F3N4O2P/c25-16-13-20(27)23(28-14-16)31-7-9-34(33,10-8-31)22-12-15(5-6-19(22)26)11-21-17-3-1-2-4-18(17)24(32)30-29-21/h1-6,12-14,33H,7-11H2/p+1. The highest BCUT2D eigenvalue weighted by molar-refractivity contribution is 7.77. The highest BCUT2D eigenvalue weighted by Crippen LogP contribution is 2.55. The zero-order valence-corrected chi connectivity index (χ0v) is 18.9. The first-order valence-corrected chi connectivity index (χ1v) is 12.9.